The SMILES string of the molecule is CCNCc1ccc(S(=O)(=O)NCCOCC2CC2)nc1. The van der Waals surface area contributed by atoms with E-state index >= 15 is 0 Å². The molecule has 0 radical (unpaired) electrons. The summed E-state index contributed by atoms with van der Waals surface area (Å²) in [7, 11) is -3.54. The molecule has 1 aromatic heterocycles. The average molecular weight is 313 g/mol. The highest BCUT2D eigenvalue weighted by Gasteiger charge is 2.21. The molecule has 6 nitrogen and oxygen atoms in total. The van der Waals surface area contributed by atoms with Gasteiger partial charge < -0.3 is 10.1 Å². The Balaban J connectivity index is 1.77. The number of nitrogens with one attached hydrogen (secondary N) is 2. The number of hydrogen-bond donors (Lipinski definition) is 2. The zero-order valence-corrected chi connectivity index (χ0v) is 13.2. The van der Waals surface area contributed by atoms with Crippen LogP contribution in [0.2, 0.25) is 0 Å². The van der Waals surface area contributed by atoms with Gasteiger partial charge >= 0.3 is 0 Å². The van der Waals surface area contributed by atoms with Crippen molar-refractivity contribution >= 4 is 10.0 Å². The van der Waals surface area contributed by atoms with Crippen molar-refractivity contribution in [1.29, 1.82) is 0 Å². The number of pyridine rings is 1. The van der Waals surface area contributed by atoms with E-state index in [1.165, 1.54) is 18.9 Å². The van der Waals surface area contributed by atoms with Gasteiger partial charge in [-0.3, -0.25) is 0 Å². The maximum Gasteiger partial charge on any atom is 0.258 e. The van der Waals surface area contributed by atoms with Crippen LogP contribution in [-0.4, -0.2) is 39.7 Å². The number of aromatic nitrogens is 1. The van der Waals surface area contributed by atoms with E-state index in [0.29, 0.717) is 19.1 Å². The van der Waals surface area contributed by atoms with Crippen molar-refractivity contribution < 1.29 is 13.2 Å². The topological polar surface area (TPSA) is 80.3 Å². The quantitative estimate of drug-likeness (QED) is 0.627. The summed E-state index contributed by atoms with van der Waals surface area (Å²) >= 11 is 0. The highest BCUT2D eigenvalue weighted by Crippen LogP contribution is 2.28. The Labute approximate surface area is 126 Å². The predicted octanol–water partition coefficient (Wildman–Crippen LogP) is 0.896. The molecule has 1 fully saturated rings. The standard InChI is InChI=1S/C14H23N3O3S/c1-2-15-9-13-5-6-14(16-10-13)21(18,19)17-7-8-20-11-12-3-4-12/h5-6,10,12,15,17H,2-4,7-9,11H2,1H3. The van der Waals surface area contributed by atoms with Crippen molar-refractivity contribution in [3.05, 3.63) is 23.9 Å². The van der Waals surface area contributed by atoms with E-state index < -0.39 is 10.0 Å². The van der Waals surface area contributed by atoms with Crippen molar-refractivity contribution in [2.24, 2.45) is 5.92 Å². The Morgan fingerprint density at radius 1 is 1.38 bits per heavy atom. The van der Waals surface area contributed by atoms with Gasteiger partial charge in [-0.05, 0) is 36.9 Å². The molecular weight excluding hydrogens is 290 g/mol. The Bertz CT molecular complexity index is 527. The molecule has 2 N–H and O–H groups in total. The van der Waals surface area contributed by atoms with Crippen LogP contribution in [0, 0.1) is 5.92 Å². The molecule has 1 heterocycles. The Morgan fingerprint density at radius 3 is 2.81 bits per heavy atom. The van der Waals surface area contributed by atoms with Gasteiger partial charge in [-0.1, -0.05) is 13.0 Å². The first-order valence-corrected chi connectivity index (χ1v) is 8.83. The fraction of sp³-hybridized carbons (Fsp3) is 0.643. The van der Waals surface area contributed by atoms with Gasteiger partial charge in [-0.2, -0.15) is 0 Å². The fourth-order valence-corrected chi connectivity index (χ4v) is 2.74. The summed E-state index contributed by atoms with van der Waals surface area (Å²) in [5, 5.41) is 3.21. The normalized spacial score (nSPS) is 15.3. The highest BCUT2D eigenvalue weighted by atomic mass is 32.2. The van der Waals surface area contributed by atoms with Crippen LogP contribution in [0.3, 0.4) is 0 Å². The summed E-state index contributed by atoms with van der Waals surface area (Å²) in [4.78, 5) is 4.01. The van der Waals surface area contributed by atoms with Gasteiger partial charge in [0.15, 0.2) is 5.03 Å². The second-order valence-corrected chi connectivity index (χ2v) is 6.91. The lowest BCUT2D eigenvalue weighted by molar-refractivity contribution is 0.129. The van der Waals surface area contributed by atoms with E-state index in [1.807, 2.05) is 6.92 Å². The number of nitrogens with zero attached hydrogens (tertiary/aromatic N) is 1. The smallest absolute Gasteiger partial charge is 0.258 e. The van der Waals surface area contributed by atoms with E-state index in [4.69, 9.17) is 4.74 Å². The van der Waals surface area contributed by atoms with Gasteiger partial charge in [0.1, 0.15) is 0 Å². The third-order valence-electron chi connectivity index (χ3n) is 3.24. The summed E-state index contributed by atoms with van der Waals surface area (Å²) in [5.74, 6) is 0.688. The zero-order chi connectivity index (χ0) is 15.1. The third-order valence-corrected chi connectivity index (χ3v) is 4.62. The van der Waals surface area contributed by atoms with Crippen LogP contribution < -0.4 is 10.0 Å². The van der Waals surface area contributed by atoms with Gasteiger partial charge in [-0.15, -0.1) is 0 Å². The van der Waals surface area contributed by atoms with Crippen molar-refractivity contribution in [2.45, 2.75) is 31.3 Å². The molecule has 0 aromatic carbocycles. The zero-order valence-electron chi connectivity index (χ0n) is 12.3. The second kappa shape index (κ2) is 7.84. The molecule has 0 saturated heterocycles. The summed E-state index contributed by atoms with van der Waals surface area (Å²) in [6.07, 6.45) is 4.05. The van der Waals surface area contributed by atoms with Crippen LogP contribution in [0.25, 0.3) is 0 Å². The summed E-state index contributed by atoms with van der Waals surface area (Å²) in [6, 6.07) is 3.30. The van der Waals surface area contributed by atoms with Gasteiger partial charge in [0.25, 0.3) is 10.0 Å². The van der Waals surface area contributed by atoms with E-state index in [1.54, 1.807) is 12.3 Å². The maximum atomic E-state index is 12.0. The molecule has 118 valence electrons. The molecule has 0 atom stereocenters. The minimum Gasteiger partial charge on any atom is -0.380 e. The summed E-state index contributed by atoms with van der Waals surface area (Å²) in [5.41, 5.74) is 0.962. The van der Waals surface area contributed by atoms with Crippen LogP contribution in [-0.2, 0) is 21.3 Å². The Kier molecular flexibility index (Phi) is 6.10. The van der Waals surface area contributed by atoms with Crippen LogP contribution in [0.1, 0.15) is 25.3 Å². The number of rotatable bonds is 10. The monoisotopic (exact) mass is 313 g/mol. The van der Waals surface area contributed by atoms with E-state index in [9.17, 15) is 8.42 Å². The summed E-state index contributed by atoms with van der Waals surface area (Å²) < 4.78 is 31.9. The van der Waals surface area contributed by atoms with Gasteiger partial charge in [0.05, 0.1) is 6.61 Å². The molecule has 0 spiro atoms. The third kappa shape index (κ3) is 5.70. The van der Waals surface area contributed by atoms with Crippen LogP contribution in [0.15, 0.2) is 23.4 Å². The van der Waals surface area contributed by atoms with Crippen molar-refractivity contribution in [2.75, 3.05) is 26.3 Å². The molecule has 0 unspecified atom stereocenters. The molecule has 21 heavy (non-hydrogen) atoms. The molecule has 1 aliphatic carbocycles. The van der Waals surface area contributed by atoms with Gasteiger partial charge in [0.2, 0.25) is 0 Å². The lowest BCUT2D eigenvalue weighted by Gasteiger charge is -2.07. The first-order valence-electron chi connectivity index (χ1n) is 7.35. The fourth-order valence-electron chi connectivity index (χ4n) is 1.80. The molecule has 1 aliphatic rings. The van der Waals surface area contributed by atoms with E-state index in [0.717, 1.165) is 18.7 Å². The van der Waals surface area contributed by atoms with E-state index in [2.05, 4.69) is 15.0 Å². The largest absolute Gasteiger partial charge is 0.380 e. The van der Waals surface area contributed by atoms with Gasteiger partial charge in [-0.25, -0.2) is 18.1 Å². The first-order chi connectivity index (χ1) is 10.1. The first kappa shape index (κ1) is 16.4. The molecule has 0 bridgehead atoms. The molecule has 1 saturated carbocycles. The number of ether oxygens (including phenoxy) is 1. The minimum atomic E-state index is -3.54. The molecule has 2 rings (SSSR count). The molecule has 0 amide bonds. The van der Waals surface area contributed by atoms with Crippen LogP contribution in [0.5, 0.6) is 0 Å². The molecule has 7 heteroatoms. The van der Waals surface area contributed by atoms with Crippen LogP contribution in [0.4, 0.5) is 0 Å². The van der Waals surface area contributed by atoms with Crippen molar-refractivity contribution in [3.8, 4) is 0 Å². The molecule has 1 aromatic rings. The maximum absolute atomic E-state index is 12.0. The lowest BCUT2D eigenvalue weighted by Crippen LogP contribution is -2.28. The summed E-state index contributed by atoms with van der Waals surface area (Å²) in [6.45, 7) is 4.97. The molecular formula is C14H23N3O3S. The number of hydrogen-bond acceptors (Lipinski definition) is 5. The number of sulfonamides is 1. The van der Waals surface area contributed by atoms with E-state index in [-0.39, 0.29) is 11.6 Å². The van der Waals surface area contributed by atoms with Crippen molar-refractivity contribution in [1.82, 2.24) is 15.0 Å². The van der Waals surface area contributed by atoms with Crippen molar-refractivity contribution in [3.63, 3.8) is 0 Å². The lowest BCUT2D eigenvalue weighted by atomic mass is 10.3. The average Bonchev–Trinajstić information content (AvgIpc) is 3.29. The predicted molar refractivity (Wildman–Crippen MR) is 80.3 cm³/mol. The molecule has 0 aliphatic heterocycles. The van der Waals surface area contributed by atoms with Gasteiger partial charge in [0, 0.05) is 25.9 Å². The highest BCUT2D eigenvalue weighted by molar-refractivity contribution is 7.89. The minimum absolute atomic E-state index is 0.0462. The second-order valence-electron chi connectivity index (χ2n) is 5.20. The Morgan fingerprint density at radius 2 is 2.19 bits per heavy atom. The van der Waals surface area contributed by atoms with Crippen LogP contribution >= 0.6 is 0 Å². The Hall–Kier alpha value is -1.02.